The molecule has 0 saturated heterocycles. The van der Waals surface area contributed by atoms with Crippen LogP contribution in [0, 0.1) is 0 Å². The third-order valence-corrected chi connectivity index (χ3v) is 2.38. The number of carboxylic acid groups (broad SMARTS) is 1. The molecule has 0 aliphatic heterocycles. The highest BCUT2D eigenvalue weighted by Crippen LogP contribution is 2.29. The molecule has 1 aromatic rings. The predicted molar refractivity (Wildman–Crippen MR) is 62.7 cm³/mol. The fourth-order valence-corrected chi connectivity index (χ4v) is 1.72. The van der Waals surface area contributed by atoms with Crippen LogP contribution in [-0.2, 0) is 50.5 Å². The molecule has 0 aromatic heterocycles. The first-order chi connectivity index (χ1) is 6.95. The summed E-state index contributed by atoms with van der Waals surface area (Å²) in [5.41, 5.74) is 0.460. The minimum Gasteiger partial charge on any atom is -0.477 e. The molecule has 0 aliphatic rings. The van der Waals surface area contributed by atoms with Crippen molar-refractivity contribution in [2.24, 2.45) is 0 Å². The summed E-state index contributed by atoms with van der Waals surface area (Å²) in [6, 6.07) is 4.48. The minimum absolute atomic E-state index is 0.0165. The molecule has 0 saturated carbocycles. The second-order valence-electron chi connectivity index (χ2n) is 2.49. The number of carbonyl (C=O) groups is 1. The van der Waals surface area contributed by atoms with Crippen molar-refractivity contribution >= 4 is 67.8 Å². The predicted octanol–water partition coefficient (Wildman–Crippen LogP) is 1.06. The van der Waals surface area contributed by atoms with E-state index in [4.69, 9.17) is 55.6 Å². The van der Waals surface area contributed by atoms with E-state index in [1.165, 1.54) is 12.1 Å². The number of carboxylic acids is 1. The number of benzene rings is 1. The summed E-state index contributed by atoms with van der Waals surface area (Å²) in [4.78, 5) is 10.9. The summed E-state index contributed by atoms with van der Waals surface area (Å²) in [5.74, 6) is -1.13. The van der Waals surface area contributed by atoms with Crippen LogP contribution in [0.2, 0.25) is 0 Å². The van der Waals surface area contributed by atoms with Crippen LogP contribution in [0.3, 0.4) is 0 Å². The summed E-state index contributed by atoms with van der Waals surface area (Å²) >= 11 is 18.9. The first kappa shape index (κ1) is 12.2. The Kier molecular flexibility index (Phi) is 3.91. The van der Waals surface area contributed by atoms with Crippen LogP contribution in [-0.4, -0.2) is 17.8 Å². The van der Waals surface area contributed by atoms with Crippen molar-refractivity contribution in [2.75, 3.05) is 0 Å². The lowest BCUT2D eigenvalue weighted by molar-refractivity contribution is -0.241. The Labute approximate surface area is 108 Å². The second kappa shape index (κ2) is 4.79. The highest BCUT2D eigenvalue weighted by atomic mass is 32.2. The summed E-state index contributed by atoms with van der Waals surface area (Å²) in [6.07, 6.45) is 0. The fourth-order valence-electron chi connectivity index (χ4n) is 1.04. The van der Waals surface area contributed by atoms with E-state index in [1.54, 1.807) is 6.07 Å². The van der Waals surface area contributed by atoms with E-state index in [9.17, 15) is 4.79 Å². The largest absolute Gasteiger partial charge is 0.477 e. The maximum atomic E-state index is 10.9. The van der Waals surface area contributed by atoms with E-state index in [1.807, 2.05) is 0 Å². The fraction of sp³-hybridized carbons (Fsp3) is 0. The third kappa shape index (κ3) is 2.59. The van der Waals surface area contributed by atoms with Gasteiger partial charge in [-0.15, -0.1) is 0 Å². The van der Waals surface area contributed by atoms with E-state index in [0.717, 1.165) is 6.70 Å². The first-order valence-electron chi connectivity index (χ1n) is 3.60. The van der Waals surface area contributed by atoms with Crippen LogP contribution in [0.25, 0.3) is 0 Å². The molecule has 0 heterocycles. The smallest absolute Gasteiger partial charge is 0.342 e. The molecule has 0 amide bonds. The van der Waals surface area contributed by atoms with Crippen molar-refractivity contribution in [3.05, 3.63) is 23.8 Å². The summed E-state index contributed by atoms with van der Waals surface area (Å²) in [7, 11) is 0. The van der Waals surface area contributed by atoms with Gasteiger partial charge < -0.3 is 5.11 Å². The Balaban J connectivity index is 3.56. The molecule has 0 fully saturated rings. The highest BCUT2D eigenvalue weighted by Gasteiger charge is 2.24. The quantitative estimate of drug-likeness (QED) is 0.658. The average molecular weight is 276 g/mol. The number of hydrogen-bond acceptors (Lipinski definition) is 5. The van der Waals surface area contributed by atoms with Gasteiger partial charge in [0.2, 0.25) is 0 Å². The van der Waals surface area contributed by atoms with Crippen LogP contribution >= 0.6 is 0 Å². The average Bonchev–Trinajstić information content (AvgIpc) is 2.16. The molecule has 1 aromatic carbocycles. The van der Waals surface area contributed by atoms with Gasteiger partial charge >= 0.3 is 5.97 Å². The van der Waals surface area contributed by atoms with Crippen LogP contribution in [0.15, 0.2) is 18.2 Å². The van der Waals surface area contributed by atoms with Crippen molar-refractivity contribution in [1.29, 1.82) is 0 Å². The molecular weight excluding hydrogens is 272 g/mol. The van der Waals surface area contributed by atoms with Gasteiger partial charge in [-0.25, -0.2) is 11.5 Å². The monoisotopic (exact) mass is 276 g/mol. The van der Waals surface area contributed by atoms with E-state index >= 15 is 0 Å². The molecule has 0 unspecified atom stereocenters. The van der Waals surface area contributed by atoms with Gasteiger partial charge in [-0.1, -0.05) is 56.5 Å². The van der Waals surface area contributed by atoms with Crippen LogP contribution < -0.4 is 0 Å². The lowest BCUT2D eigenvalue weighted by atomic mass is 10.1. The Morgan fingerprint density at radius 1 is 1.27 bits per heavy atom. The van der Waals surface area contributed by atoms with Gasteiger partial charge in [-0.3, -0.25) is 0 Å². The van der Waals surface area contributed by atoms with Gasteiger partial charge in [0.25, 0.3) is 11.4 Å². The SMILES string of the molecule is O=C(O)c1cccc([N+](=S)[S-])c1[N+](=S)[S-]. The van der Waals surface area contributed by atoms with Gasteiger partial charge in [-0.2, -0.15) is 0 Å². The number of rotatable bonds is 3. The first-order valence-corrected chi connectivity index (χ1v) is 5.06. The van der Waals surface area contributed by atoms with Gasteiger partial charge in [0.15, 0.2) is 0 Å². The van der Waals surface area contributed by atoms with Crippen molar-refractivity contribution in [3.63, 3.8) is 0 Å². The topological polar surface area (TPSA) is 43.3 Å². The molecule has 1 N–H and O–H groups in total. The Morgan fingerprint density at radius 3 is 2.27 bits per heavy atom. The molecule has 0 atom stereocenters. The van der Waals surface area contributed by atoms with Gasteiger partial charge in [0.05, 0.1) is 0 Å². The second-order valence-corrected chi connectivity index (χ2v) is 4.42. The number of hydrogen-bond donors (Lipinski definition) is 1. The Hall–Kier alpha value is -0.830. The van der Waals surface area contributed by atoms with Crippen LogP contribution in [0.5, 0.6) is 0 Å². The van der Waals surface area contributed by atoms with Gasteiger partial charge in [0, 0.05) is 6.07 Å². The molecular formula is C7H4N2O2S4. The summed E-state index contributed by atoms with van der Waals surface area (Å²) in [6.45, 7) is 0. The highest BCUT2D eigenvalue weighted by molar-refractivity contribution is 7.59. The zero-order chi connectivity index (χ0) is 11.6. The van der Waals surface area contributed by atoms with E-state index in [0.29, 0.717) is 5.69 Å². The molecule has 1 rings (SSSR count). The maximum absolute atomic E-state index is 10.9. The van der Waals surface area contributed by atoms with E-state index in [2.05, 4.69) is 0 Å². The normalized spacial score (nSPS) is 9.60. The molecule has 0 aliphatic carbocycles. The Morgan fingerprint density at radius 2 is 1.87 bits per heavy atom. The molecule has 4 nitrogen and oxygen atoms in total. The lowest BCUT2D eigenvalue weighted by Crippen LogP contribution is -2.05. The molecule has 78 valence electrons. The van der Waals surface area contributed by atoms with Crippen molar-refractivity contribution in [2.45, 2.75) is 0 Å². The zero-order valence-corrected chi connectivity index (χ0v) is 10.4. The van der Waals surface area contributed by atoms with Gasteiger partial charge in [-0.05, 0) is 6.07 Å². The Bertz CT molecular complexity index is 428. The minimum atomic E-state index is -1.13. The molecule has 8 heteroatoms. The van der Waals surface area contributed by atoms with E-state index < -0.39 is 5.97 Å². The van der Waals surface area contributed by atoms with Crippen LogP contribution in [0.4, 0.5) is 11.4 Å². The van der Waals surface area contributed by atoms with Crippen LogP contribution in [0.1, 0.15) is 10.4 Å². The number of para-hydroxylation sites is 1. The standard InChI is InChI=1S/C7H4N2O2S4/c10-7(11)4-2-1-3-5(8(12)13)6(4)9(14)15/h1-3H,(H,10,11). The molecule has 15 heavy (non-hydrogen) atoms. The third-order valence-electron chi connectivity index (χ3n) is 1.62. The lowest BCUT2D eigenvalue weighted by Gasteiger charge is -2.05. The van der Waals surface area contributed by atoms with Crippen molar-refractivity contribution < 1.29 is 16.6 Å². The van der Waals surface area contributed by atoms with Gasteiger partial charge in [0.1, 0.15) is 5.56 Å². The number of aromatic carboxylic acids is 1. The maximum Gasteiger partial charge on any atom is 0.342 e. The number of nitrogens with zero attached hydrogens (tertiary/aromatic N) is 2. The van der Waals surface area contributed by atoms with E-state index in [-0.39, 0.29) is 11.3 Å². The molecule has 0 spiro atoms. The van der Waals surface area contributed by atoms with Crippen molar-refractivity contribution in [3.8, 4) is 0 Å². The van der Waals surface area contributed by atoms with Crippen molar-refractivity contribution in [1.82, 2.24) is 0 Å². The summed E-state index contributed by atoms with van der Waals surface area (Å²) < 4.78 is 1.79. The zero-order valence-electron chi connectivity index (χ0n) is 7.11. The molecule has 0 radical (unpaired) electrons. The summed E-state index contributed by atoms with van der Waals surface area (Å²) in [5, 5.41) is 8.91. The molecule has 0 bridgehead atoms.